The Kier molecular flexibility index (Phi) is 3.81. The maximum absolute atomic E-state index is 13.5. The van der Waals surface area contributed by atoms with Gasteiger partial charge in [-0.1, -0.05) is 0 Å². The van der Waals surface area contributed by atoms with Crippen molar-refractivity contribution in [2.24, 2.45) is 0 Å². The van der Waals surface area contributed by atoms with E-state index in [2.05, 4.69) is 20.9 Å². The lowest BCUT2D eigenvalue weighted by atomic mass is 10.3. The number of aromatic nitrogens is 1. The summed E-state index contributed by atoms with van der Waals surface area (Å²) in [6, 6.07) is 4.30. The van der Waals surface area contributed by atoms with Crippen LogP contribution in [0.25, 0.3) is 0 Å². The summed E-state index contributed by atoms with van der Waals surface area (Å²) < 4.78 is 52.4. The highest BCUT2D eigenvalue weighted by atomic mass is 79.9. The molecule has 0 amide bonds. The van der Waals surface area contributed by atoms with Crippen molar-refractivity contribution < 1.29 is 17.2 Å². The number of hydrogen-bond donors (Lipinski definition) is 1. The van der Waals surface area contributed by atoms with E-state index in [1.165, 1.54) is 18.3 Å². The van der Waals surface area contributed by atoms with E-state index in [1.54, 1.807) is 0 Å². The summed E-state index contributed by atoms with van der Waals surface area (Å²) >= 11 is 2.90. The normalized spacial score (nSPS) is 11.3. The molecule has 0 saturated heterocycles. The first-order valence-corrected chi connectivity index (χ1v) is 7.25. The SMILES string of the molecule is O=S(=O)(Nc1c(F)cc(F)cc1Br)c1cccnc1. The fourth-order valence-electron chi connectivity index (χ4n) is 1.34. The van der Waals surface area contributed by atoms with Gasteiger partial charge in [-0.05, 0) is 34.1 Å². The van der Waals surface area contributed by atoms with Gasteiger partial charge in [0.15, 0.2) is 5.82 Å². The Balaban J connectivity index is 2.42. The second kappa shape index (κ2) is 5.22. The van der Waals surface area contributed by atoms with E-state index in [9.17, 15) is 17.2 Å². The Morgan fingerprint density at radius 3 is 2.58 bits per heavy atom. The largest absolute Gasteiger partial charge is 0.275 e. The third-order valence-electron chi connectivity index (χ3n) is 2.19. The predicted molar refractivity (Wildman–Crippen MR) is 69.1 cm³/mol. The van der Waals surface area contributed by atoms with Crippen molar-refractivity contribution in [2.75, 3.05) is 4.72 Å². The lowest BCUT2D eigenvalue weighted by molar-refractivity contribution is 0.581. The van der Waals surface area contributed by atoms with Crippen LogP contribution < -0.4 is 4.72 Å². The van der Waals surface area contributed by atoms with Crippen molar-refractivity contribution in [2.45, 2.75) is 4.90 Å². The number of sulfonamides is 1. The average molecular weight is 349 g/mol. The highest BCUT2D eigenvalue weighted by molar-refractivity contribution is 9.10. The number of nitrogens with zero attached hydrogens (tertiary/aromatic N) is 1. The van der Waals surface area contributed by atoms with Crippen LogP contribution in [0.3, 0.4) is 0 Å². The van der Waals surface area contributed by atoms with E-state index >= 15 is 0 Å². The van der Waals surface area contributed by atoms with Crippen molar-refractivity contribution in [1.29, 1.82) is 0 Å². The summed E-state index contributed by atoms with van der Waals surface area (Å²) in [4.78, 5) is 3.55. The minimum atomic E-state index is -3.98. The topological polar surface area (TPSA) is 59.1 Å². The van der Waals surface area contributed by atoms with E-state index < -0.39 is 21.7 Å². The van der Waals surface area contributed by atoms with Gasteiger partial charge in [-0.2, -0.15) is 0 Å². The van der Waals surface area contributed by atoms with Gasteiger partial charge in [0.1, 0.15) is 10.7 Å². The van der Waals surface area contributed by atoms with Crippen LogP contribution in [-0.4, -0.2) is 13.4 Å². The van der Waals surface area contributed by atoms with E-state index in [0.717, 1.165) is 12.3 Å². The Morgan fingerprint density at radius 2 is 2.00 bits per heavy atom. The molecule has 2 rings (SSSR count). The molecule has 1 heterocycles. The van der Waals surface area contributed by atoms with Crippen molar-refractivity contribution in [3.63, 3.8) is 0 Å². The smallest absolute Gasteiger partial charge is 0.263 e. The fraction of sp³-hybridized carbons (Fsp3) is 0. The number of rotatable bonds is 3. The minimum absolute atomic E-state index is 0.0301. The van der Waals surface area contributed by atoms with Crippen LogP contribution in [0.15, 0.2) is 46.0 Å². The van der Waals surface area contributed by atoms with E-state index in [-0.39, 0.29) is 15.1 Å². The van der Waals surface area contributed by atoms with Gasteiger partial charge in [-0.25, -0.2) is 17.2 Å². The first-order chi connectivity index (χ1) is 8.90. The van der Waals surface area contributed by atoms with Crippen LogP contribution in [-0.2, 0) is 10.0 Å². The molecule has 1 aromatic heterocycles. The van der Waals surface area contributed by atoms with Gasteiger partial charge in [-0.3, -0.25) is 9.71 Å². The number of pyridine rings is 1. The molecule has 4 nitrogen and oxygen atoms in total. The molecule has 0 radical (unpaired) electrons. The second-order valence-corrected chi connectivity index (χ2v) is 6.08. The summed E-state index contributed by atoms with van der Waals surface area (Å²) in [6.07, 6.45) is 2.53. The molecule has 0 unspecified atom stereocenters. The minimum Gasteiger partial charge on any atom is -0.275 e. The molecule has 0 aliphatic rings. The number of halogens is 3. The molecule has 1 N–H and O–H groups in total. The molecular weight excluding hydrogens is 342 g/mol. The molecular formula is C11H7BrF2N2O2S. The average Bonchev–Trinajstić information content (AvgIpc) is 2.35. The van der Waals surface area contributed by atoms with Crippen molar-refractivity contribution in [3.05, 3.63) is 52.8 Å². The van der Waals surface area contributed by atoms with Gasteiger partial charge in [0.2, 0.25) is 0 Å². The van der Waals surface area contributed by atoms with Gasteiger partial charge in [0, 0.05) is 22.9 Å². The van der Waals surface area contributed by atoms with Crippen LogP contribution in [0.2, 0.25) is 0 Å². The Labute approximate surface area is 116 Å². The lowest BCUT2D eigenvalue weighted by Gasteiger charge is -2.10. The summed E-state index contributed by atoms with van der Waals surface area (Å²) in [7, 11) is -3.98. The van der Waals surface area contributed by atoms with Gasteiger partial charge in [0.25, 0.3) is 10.0 Å². The summed E-state index contributed by atoms with van der Waals surface area (Å²) in [5.74, 6) is -1.83. The monoisotopic (exact) mass is 348 g/mol. The van der Waals surface area contributed by atoms with Gasteiger partial charge in [0.05, 0.1) is 5.69 Å². The third-order valence-corrected chi connectivity index (χ3v) is 4.15. The van der Waals surface area contributed by atoms with Gasteiger partial charge >= 0.3 is 0 Å². The molecule has 100 valence electrons. The molecule has 2 aromatic rings. The molecule has 0 saturated carbocycles. The van der Waals surface area contributed by atoms with Gasteiger partial charge < -0.3 is 0 Å². The number of nitrogens with one attached hydrogen (secondary N) is 1. The first-order valence-electron chi connectivity index (χ1n) is 4.97. The van der Waals surface area contributed by atoms with Crippen LogP contribution in [0.1, 0.15) is 0 Å². The molecule has 0 atom stereocenters. The number of benzene rings is 1. The lowest BCUT2D eigenvalue weighted by Crippen LogP contribution is -2.14. The molecule has 19 heavy (non-hydrogen) atoms. The Morgan fingerprint density at radius 1 is 1.26 bits per heavy atom. The standard InChI is InChI=1S/C11H7BrF2N2O2S/c12-9-4-7(13)5-10(14)11(9)16-19(17,18)8-2-1-3-15-6-8/h1-6,16H. The molecule has 0 spiro atoms. The summed E-state index contributed by atoms with van der Waals surface area (Å²) in [5, 5.41) is 0. The molecule has 8 heteroatoms. The number of hydrogen-bond acceptors (Lipinski definition) is 3. The van der Waals surface area contributed by atoms with E-state index in [1.807, 2.05) is 4.72 Å². The summed E-state index contributed by atoms with van der Waals surface area (Å²) in [6.45, 7) is 0. The van der Waals surface area contributed by atoms with Crippen molar-refractivity contribution >= 4 is 31.6 Å². The quantitative estimate of drug-likeness (QED) is 0.927. The molecule has 1 aromatic carbocycles. The molecule has 0 aliphatic heterocycles. The van der Waals surface area contributed by atoms with Crippen LogP contribution >= 0.6 is 15.9 Å². The van der Waals surface area contributed by atoms with Crippen LogP contribution in [0.5, 0.6) is 0 Å². The van der Waals surface area contributed by atoms with Crippen LogP contribution in [0, 0.1) is 11.6 Å². The number of anilines is 1. The van der Waals surface area contributed by atoms with Crippen molar-refractivity contribution in [1.82, 2.24) is 4.98 Å². The highest BCUT2D eigenvalue weighted by Gasteiger charge is 2.19. The fourth-order valence-corrected chi connectivity index (χ4v) is 3.03. The zero-order valence-corrected chi connectivity index (χ0v) is 11.7. The molecule has 0 fully saturated rings. The third kappa shape index (κ3) is 3.07. The predicted octanol–water partition coefficient (Wildman–Crippen LogP) is 2.92. The maximum atomic E-state index is 13.5. The Hall–Kier alpha value is -1.54. The van der Waals surface area contributed by atoms with E-state index in [4.69, 9.17) is 0 Å². The van der Waals surface area contributed by atoms with E-state index in [0.29, 0.717) is 6.07 Å². The molecule has 0 aliphatic carbocycles. The van der Waals surface area contributed by atoms with Crippen LogP contribution in [0.4, 0.5) is 14.5 Å². The zero-order chi connectivity index (χ0) is 14.0. The maximum Gasteiger partial charge on any atom is 0.263 e. The summed E-state index contributed by atoms with van der Waals surface area (Å²) in [5.41, 5.74) is -0.356. The Bertz CT molecular complexity index is 685. The molecule has 0 bridgehead atoms. The van der Waals surface area contributed by atoms with Crippen molar-refractivity contribution in [3.8, 4) is 0 Å². The second-order valence-electron chi connectivity index (χ2n) is 3.54. The first kappa shape index (κ1) is 13.9. The zero-order valence-electron chi connectivity index (χ0n) is 9.27. The van der Waals surface area contributed by atoms with Gasteiger partial charge in [-0.15, -0.1) is 0 Å². The highest BCUT2D eigenvalue weighted by Crippen LogP contribution is 2.28.